The maximum Gasteiger partial charge on any atom is 0.328 e. The highest BCUT2D eigenvalue weighted by Gasteiger charge is 2.17. The first kappa shape index (κ1) is 16.8. The normalized spacial score (nSPS) is 11.4. The molecule has 0 aromatic heterocycles. The van der Waals surface area contributed by atoms with E-state index in [2.05, 4.69) is 5.32 Å². The highest BCUT2D eigenvalue weighted by atomic mass is 16.5. The van der Waals surface area contributed by atoms with Crippen LogP contribution in [0.5, 0.6) is 11.5 Å². The molecule has 1 rings (SSSR count). The van der Waals surface area contributed by atoms with E-state index in [0.29, 0.717) is 18.1 Å². The van der Waals surface area contributed by atoms with Crippen LogP contribution in [0.3, 0.4) is 0 Å². The van der Waals surface area contributed by atoms with Crippen molar-refractivity contribution >= 4 is 11.9 Å². The standard InChI is InChI=1S/C15H21NO5/c1-4-19-12-8-6-7-9-13(12)21-10-14(17)16-11(3)15(18)20-5-2/h6-9,11H,4-5,10H2,1-3H3,(H,16,17). The molecule has 1 aromatic carbocycles. The SMILES string of the molecule is CCOC(=O)C(C)NC(=O)COc1ccccc1OCC. The Balaban J connectivity index is 2.48. The minimum absolute atomic E-state index is 0.201. The predicted octanol–water partition coefficient (Wildman–Crippen LogP) is 1.53. The van der Waals surface area contributed by atoms with Gasteiger partial charge in [-0.15, -0.1) is 0 Å². The summed E-state index contributed by atoms with van der Waals surface area (Å²) in [5.74, 6) is 0.187. The number of benzene rings is 1. The van der Waals surface area contributed by atoms with Gasteiger partial charge >= 0.3 is 5.97 Å². The molecule has 0 aliphatic heterocycles. The van der Waals surface area contributed by atoms with Crippen molar-refractivity contribution in [2.45, 2.75) is 26.8 Å². The Hall–Kier alpha value is -2.24. The summed E-state index contributed by atoms with van der Waals surface area (Å²) in [6.07, 6.45) is 0. The Kier molecular flexibility index (Phi) is 7.08. The van der Waals surface area contributed by atoms with Crippen molar-refractivity contribution in [3.05, 3.63) is 24.3 Å². The zero-order valence-corrected chi connectivity index (χ0v) is 12.5. The van der Waals surface area contributed by atoms with Gasteiger partial charge in [0, 0.05) is 0 Å². The van der Waals surface area contributed by atoms with Crippen LogP contribution in [0.15, 0.2) is 24.3 Å². The maximum absolute atomic E-state index is 11.7. The summed E-state index contributed by atoms with van der Waals surface area (Å²) in [6, 6.07) is 6.38. The van der Waals surface area contributed by atoms with E-state index >= 15 is 0 Å². The van der Waals surface area contributed by atoms with Gasteiger partial charge in [0.25, 0.3) is 5.91 Å². The molecule has 1 N–H and O–H groups in total. The van der Waals surface area contributed by atoms with Gasteiger partial charge in [-0.2, -0.15) is 0 Å². The Bertz CT molecular complexity index is 475. The lowest BCUT2D eigenvalue weighted by molar-refractivity contribution is -0.147. The van der Waals surface area contributed by atoms with Gasteiger partial charge in [-0.05, 0) is 32.9 Å². The lowest BCUT2D eigenvalue weighted by Crippen LogP contribution is -2.41. The Morgan fingerprint density at radius 3 is 2.29 bits per heavy atom. The van der Waals surface area contributed by atoms with Crippen molar-refractivity contribution in [2.75, 3.05) is 19.8 Å². The highest BCUT2D eigenvalue weighted by Crippen LogP contribution is 2.26. The zero-order chi connectivity index (χ0) is 15.7. The van der Waals surface area contributed by atoms with Crippen LogP contribution in [-0.2, 0) is 14.3 Å². The largest absolute Gasteiger partial charge is 0.490 e. The van der Waals surface area contributed by atoms with Gasteiger partial charge in [0.2, 0.25) is 0 Å². The van der Waals surface area contributed by atoms with Crippen molar-refractivity contribution in [2.24, 2.45) is 0 Å². The molecule has 6 nitrogen and oxygen atoms in total. The molecule has 6 heteroatoms. The van der Waals surface area contributed by atoms with Crippen LogP contribution < -0.4 is 14.8 Å². The van der Waals surface area contributed by atoms with Crippen molar-refractivity contribution in [3.8, 4) is 11.5 Å². The second-order valence-electron chi connectivity index (χ2n) is 4.21. The third kappa shape index (κ3) is 5.72. The molecular formula is C15H21NO5. The average Bonchev–Trinajstić information content (AvgIpc) is 2.47. The fourth-order valence-electron chi connectivity index (χ4n) is 1.60. The number of carbonyl (C=O) groups excluding carboxylic acids is 2. The molecule has 116 valence electrons. The van der Waals surface area contributed by atoms with Gasteiger partial charge in [-0.1, -0.05) is 12.1 Å². The molecule has 0 saturated heterocycles. The monoisotopic (exact) mass is 295 g/mol. The second-order valence-corrected chi connectivity index (χ2v) is 4.21. The van der Waals surface area contributed by atoms with E-state index < -0.39 is 17.9 Å². The van der Waals surface area contributed by atoms with Crippen LogP contribution in [-0.4, -0.2) is 37.7 Å². The number of hydrogen-bond acceptors (Lipinski definition) is 5. The first-order valence-corrected chi connectivity index (χ1v) is 6.89. The van der Waals surface area contributed by atoms with Gasteiger partial charge in [0.05, 0.1) is 13.2 Å². The number of hydrogen-bond donors (Lipinski definition) is 1. The topological polar surface area (TPSA) is 73.9 Å². The maximum atomic E-state index is 11.7. The first-order valence-electron chi connectivity index (χ1n) is 6.89. The fourth-order valence-corrected chi connectivity index (χ4v) is 1.60. The molecule has 0 aliphatic carbocycles. The number of carbonyl (C=O) groups is 2. The second kappa shape index (κ2) is 8.84. The van der Waals surface area contributed by atoms with E-state index in [0.717, 1.165) is 0 Å². The Morgan fingerprint density at radius 2 is 1.71 bits per heavy atom. The molecule has 0 aliphatic rings. The molecule has 21 heavy (non-hydrogen) atoms. The average molecular weight is 295 g/mol. The van der Waals surface area contributed by atoms with Crippen molar-refractivity contribution in [1.29, 1.82) is 0 Å². The van der Waals surface area contributed by atoms with E-state index in [-0.39, 0.29) is 13.2 Å². The van der Waals surface area contributed by atoms with Gasteiger partial charge < -0.3 is 19.5 Å². The number of nitrogens with one attached hydrogen (secondary N) is 1. The van der Waals surface area contributed by atoms with E-state index in [1.165, 1.54) is 0 Å². The molecule has 1 unspecified atom stereocenters. The smallest absolute Gasteiger partial charge is 0.328 e. The third-order valence-electron chi connectivity index (χ3n) is 2.53. The quantitative estimate of drug-likeness (QED) is 0.736. The van der Waals surface area contributed by atoms with Crippen LogP contribution in [0.25, 0.3) is 0 Å². The summed E-state index contributed by atoms with van der Waals surface area (Å²) in [6.45, 7) is 5.71. The number of para-hydroxylation sites is 2. The highest BCUT2D eigenvalue weighted by molar-refractivity contribution is 5.84. The summed E-state index contributed by atoms with van der Waals surface area (Å²) in [5.41, 5.74) is 0. The molecule has 0 saturated carbocycles. The van der Waals surface area contributed by atoms with Crippen LogP contribution in [0.4, 0.5) is 0 Å². The Labute approximate surface area is 124 Å². The van der Waals surface area contributed by atoms with Crippen LogP contribution in [0.2, 0.25) is 0 Å². The summed E-state index contributed by atoms with van der Waals surface area (Å²) in [7, 11) is 0. The van der Waals surface area contributed by atoms with Gasteiger partial charge in [-0.3, -0.25) is 4.79 Å². The minimum Gasteiger partial charge on any atom is -0.490 e. The van der Waals surface area contributed by atoms with E-state index in [1.807, 2.05) is 13.0 Å². The number of ether oxygens (including phenoxy) is 3. The summed E-state index contributed by atoms with van der Waals surface area (Å²) in [5, 5.41) is 2.51. The van der Waals surface area contributed by atoms with Crippen molar-refractivity contribution in [3.63, 3.8) is 0 Å². The van der Waals surface area contributed by atoms with E-state index in [9.17, 15) is 9.59 Å². The fraction of sp³-hybridized carbons (Fsp3) is 0.467. The lowest BCUT2D eigenvalue weighted by atomic mass is 10.3. The molecule has 1 amide bonds. The van der Waals surface area contributed by atoms with Gasteiger partial charge in [0.1, 0.15) is 6.04 Å². The Morgan fingerprint density at radius 1 is 1.10 bits per heavy atom. The number of rotatable bonds is 8. The minimum atomic E-state index is -0.705. The van der Waals surface area contributed by atoms with Crippen molar-refractivity contribution in [1.82, 2.24) is 5.32 Å². The molecule has 0 heterocycles. The molecule has 0 fully saturated rings. The number of esters is 1. The summed E-state index contributed by atoms with van der Waals surface area (Å²) < 4.78 is 15.6. The molecule has 1 atom stereocenters. The zero-order valence-electron chi connectivity index (χ0n) is 12.5. The molecule has 0 spiro atoms. The third-order valence-corrected chi connectivity index (χ3v) is 2.53. The molecular weight excluding hydrogens is 274 g/mol. The van der Waals surface area contributed by atoms with E-state index in [1.54, 1.807) is 32.0 Å². The van der Waals surface area contributed by atoms with Crippen molar-refractivity contribution < 1.29 is 23.8 Å². The van der Waals surface area contributed by atoms with Gasteiger partial charge in [-0.25, -0.2) is 4.79 Å². The number of amides is 1. The van der Waals surface area contributed by atoms with Gasteiger partial charge in [0.15, 0.2) is 18.1 Å². The molecule has 0 radical (unpaired) electrons. The molecule has 0 bridgehead atoms. The van der Waals surface area contributed by atoms with Crippen LogP contribution >= 0.6 is 0 Å². The summed E-state index contributed by atoms with van der Waals surface area (Å²) in [4.78, 5) is 23.1. The summed E-state index contributed by atoms with van der Waals surface area (Å²) >= 11 is 0. The van der Waals surface area contributed by atoms with E-state index in [4.69, 9.17) is 14.2 Å². The van der Waals surface area contributed by atoms with Crippen LogP contribution in [0.1, 0.15) is 20.8 Å². The van der Waals surface area contributed by atoms with Crippen LogP contribution in [0, 0.1) is 0 Å². The predicted molar refractivity (Wildman–Crippen MR) is 77.3 cm³/mol. The lowest BCUT2D eigenvalue weighted by Gasteiger charge is -2.14. The molecule has 1 aromatic rings. The first-order chi connectivity index (χ1) is 10.1.